The first kappa shape index (κ1) is 23.8. The Hall–Kier alpha value is -1.16. The fourth-order valence-electron chi connectivity index (χ4n) is 3.05. The van der Waals surface area contributed by atoms with Gasteiger partial charge in [0, 0.05) is 27.2 Å². The summed E-state index contributed by atoms with van der Waals surface area (Å²) in [5.41, 5.74) is 0. The van der Waals surface area contributed by atoms with Crippen LogP contribution in [0.1, 0.15) is 71.1 Å². The smallest absolute Gasteiger partial charge is 0.320 e. The lowest BCUT2D eigenvalue weighted by atomic mass is 9.93. The van der Waals surface area contributed by atoms with E-state index in [-0.39, 0.29) is 12.3 Å². The molecule has 6 heteroatoms. The van der Waals surface area contributed by atoms with E-state index in [0.717, 1.165) is 19.3 Å². The minimum Gasteiger partial charge on any atom is -0.465 e. The Morgan fingerprint density at radius 3 is 2.08 bits per heavy atom. The number of ether oxygens (including phenoxy) is 4. The Labute approximate surface area is 152 Å². The third-order valence-electron chi connectivity index (χ3n) is 4.44. The molecular weight excluding hydrogens is 322 g/mol. The molecule has 0 spiro atoms. The van der Waals surface area contributed by atoms with E-state index in [0.29, 0.717) is 13.0 Å². The number of hydrogen-bond donors (Lipinski definition) is 0. The van der Waals surface area contributed by atoms with Gasteiger partial charge in [0.05, 0.1) is 12.7 Å². The zero-order valence-corrected chi connectivity index (χ0v) is 16.3. The quantitative estimate of drug-likeness (QED) is 0.234. The van der Waals surface area contributed by atoms with Crippen LogP contribution in [0, 0.1) is 17.2 Å². The summed E-state index contributed by atoms with van der Waals surface area (Å²) in [5, 5.41) is 8.46. The third-order valence-corrected chi connectivity index (χ3v) is 4.44. The first-order valence-corrected chi connectivity index (χ1v) is 9.28. The molecule has 1 unspecified atom stereocenters. The molecule has 0 aliphatic heterocycles. The van der Waals surface area contributed by atoms with Crippen molar-refractivity contribution in [3.05, 3.63) is 0 Å². The van der Waals surface area contributed by atoms with Crippen LogP contribution >= 0.6 is 0 Å². The molecule has 0 aliphatic rings. The number of nitrogens with zero attached hydrogens (tertiary/aromatic N) is 1. The maximum atomic E-state index is 11.2. The molecule has 6 nitrogen and oxygen atoms in total. The fraction of sp³-hybridized carbons (Fsp3) is 0.895. The van der Waals surface area contributed by atoms with Crippen molar-refractivity contribution in [1.82, 2.24) is 0 Å². The molecule has 0 rings (SSSR count). The summed E-state index contributed by atoms with van der Waals surface area (Å²) >= 11 is 0. The molecule has 0 radical (unpaired) electrons. The van der Waals surface area contributed by atoms with Crippen molar-refractivity contribution >= 4 is 5.97 Å². The zero-order valence-electron chi connectivity index (χ0n) is 16.3. The normalized spacial score (nSPS) is 12.6. The van der Waals surface area contributed by atoms with Gasteiger partial charge in [-0.15, -0.1) is 0 Å². The van der Waals surface area contributed by atoms with Crippen molar-refractivity contribution in [3.8, 4) is 6.07 Å². The number of hydrogen-bond acceptors (Lipinski definition) is 6. The number of rotatable bonds is 16. The number of carbonyl (C=O) groups is 1. The van der Waals surface area contributed by atoms with Gasteiger partial charge in [-0.2, -0.15) is 5.26 Å². The van der Waals surface area contributed by atoms with Crippen LogP contribution in [-0.2, 0) is 23.7 Å². The number of methoxy groups -OCH3 is 3. The van der Waals surface area contributed by atoms with Crippen LogP contribution in [0.3, 0.4) is 0 Å². The van der Waals surface area contributed by atoms with Gasteiger partial charge in [0.1, 0.15) is 6.42 Å². The summed E-state index contributed by atoms with van der Waals surface area (Å²) in [6.45, 7) is 2.50. The molecule has 0 amide bonds. The van der Waals surface area contributed by atoms with Crippen molar-refractivity contribution in [2.24, 2.45) is 5.92 Å². The average Bonchev–Trinajstić information content (AvgIpc) is 2.62. The minimum absolute atomic E-state index is 0.0494. The van der Waals surface area contributed by atoms with E-state index >= 15 is 0 Å². The molecule has 1 atom stereocenters. The lowest BCUT2D eigenvalue weighted by Gasteiger charge is -2.36. The monoisotopic (exact) mass is 357 g/mol. The van der Waals surface area contributed by atoms with Gasteiger partial charge in [-0.05, 0) is 19.3 Å². The Kier molecular flexibility index (Phi) is 14.4. The van der Waals surface area contributed by atoms with Gasteiger partial charge in [0.25, 0.3) is 5.97 Å². The minimum atomic E-state index is -1.07. The maximum Gasteiger partial charge on any atom is 0.320 e. The highest BCUT2D eigenvalue weighted by molar-refractivity contribution is 5.71. The first-order valence-electron chi connectivity index (χ1n) is 9.28. The zero-order chi connectivity index (χ0) is 19.0. The highest BCUT2D eigenvalue weighted by atomic mass is 16.9. The highest BCUT2D eigenvalue weighted by Crippen LogP contribution is 2.32. The van der Waals surface area contributed by atoms with Crippen LogP contribution in [0.4, 0.5) is 0 Å². The molecule has 0 aromatic carbocycles. The number of carbonyl (C=O) groups excluding carboxylic acids is 1. The molecule has 0 heterocycles. The summed E-state index contributed by atoms with van der Waals surface area (Å²) in [7, 11) is 4.73. The van der Waals surface area contributed by atoms with Crippen LogP contribution in [-0.4, -0.2) is 39.9 Å². The molecule has 0 aromatic rings. The lowest BCUT2D eigenvalue weighted by Crippen LogP contribution is -2.44. The van der Waals surface area contributed by atoms with E-state index < -0.39 is 11.9 Å². The van der Waals surface area contributed by atoms with E-state index in [1.165, 1.54) is 32.1 Å². The Morgan fingerprint density at radius 2 is 1.52 bits per heavy atom. The van der Waals surface area contributed by atoms with Crippen LogP contribution in [0.5, 0.6) is 0 Å². The van der Waals surface area contributed by atoms with Gasteiger partial charge < -0.3 is 18.9 Å². The van der Waals surface area contributed by atoms with E-state index in [9.17, 15) is 4.79 Å². The molecule has 146 valence electrons. The van der Waals surface area contributed by atoms with Crippen molar-refractivity contribution in [3.63, 3.8) is 0 Å². The number of esters is 1. The van der Waals surface area contributed by atoms with Gasteiger partial charge >= 0.3 is 5.97 Å². The Bertz CT molecular complexity index is 368. The van der Waals surface area contributed by atoms with Crippen molar-refractivity contribution in [2.45, 2.75) is 77.1 Å². The van der Waals surface area contributed by atoms with Gasteiger partial charge in [0.15, 0.2) is 0 Å². The van der Waals surface area contributed by atoms with E-state index in [1.54, 1.807) is 27.4 Å². The summed E-state index contributed by atoms with van der Waals surface area (Å²) in [5.74, 6) is -1.50. The van der Waals surface area contributed by atoms with E-state index in [2.05, 4.69) is 6.92 Å². The SMILES string of the molecule is CCCCCCCCC(CCCOC(=O)CC#N)C(OC)(OC)OC. The fourth-order valence-corrected chi connectivity index (χ4v) is 3.05. The van der Waals surface area contributed by atoms with Gasteiger partial charge in [-0.25, -0.2) is 0 Å². The molecule has 25 heavy (non-hydrogen) atoms. The van der Waals surface area contributed by atoms with Crippen LogP contribution in [0.15, 0.2) is 0 Å². The number of nitriles is 1. The molecule has 0 bridgehead atoms. The maximum absolute atomic E-state index is 11.2. The lowest BCUT2D eigenvalue weighted by molar-refractivity contribution is -0.380. The Balaban J connectivity index is 4.43. The van der Waals surface area contributed by atoms with Gasteiger partial charge in [-0.3, -0.25) is 4.79 Å². The molecular formula is C19H35NO5. The number of unbranched alkanes of at least 4 members (excludes halogenated alkanes) is 5. The second-order valence-corrected chi connectivity index (χ2v) is 6.17. The summed E-state index contributed by atoms with van der Waals surface area (Å²) < 4.78 is 21.6. The predicted molar refractivity (Wildman–Crippen MR) is 95.7 cm³/mol. The van der Waals surface area contributed by atoms with Crippen LogP contribution < -0.4 is 0 Å². The predicted octanol–water partition coefficient (Wildman–Crippen LogP) is 4.18. The second-order valence-electron chi connectivity index (χ2n) is 6.17. The molecule has 0 saturated carbocycles. The van der Waals surface area contributed by atoms with Crippen molar-refractivity contribution in [1.29, 1.82) is 5.26 Å². The Morgan fingerprint density at radius 1 is 0.960 bits per heavy atom. The molecule has 0 aliphatic carbocycles. The second kappa shape index (κ2) is 15.1. The van der Waals surface area contributed by atoms with Gasteiger partial charge in [0.2, 0.25) is 0 Å². The van der Waals surface area contributed by atoms with Crippen LogP contribution in [0.2, 0.25) is 0 Å². The molecule has 0 saturated heterocycles. The van der Waals surface area contributed by atoms with E-state index in [4.69, 9.17) is 24.2 Å². The van der Waals surface area contributed by atoms with Gasteiger partial charge in [-0.1, -0.05) is 45.4 Å². The standard InChI is InChI=1S/C19H35NO5/c1-5-6-7-8-9-10-12-17(19(22-2,23-3)24-4)13-11-16-25-18(21)14-15-20/h17H,5-14,16H2,1-4H3. The first-order chi connectivity index (χ1) is 12.1. The van der Waals surface area contributed by atoms with Crippen LogP contribution in [0.25, 0.3) is 0 Å². The molecule has 0 N–H and O–H groups in total. The van der Waals surface area contributed by atoms with E-state index in [1.807, 2.05) is 0 Å². The highest BCUT2D eigenvalue weighted by Gasteiger charge is 2.39. The molecule has 0 aromatic heterocycles. The third kappa shape index (κ3) is 9.78. The molecule has 0 fully saturated rings. The van der Waals surface area contributed by atoms with Crippen molar-refractivity contribution < 1.29 is 23.7 Å². The average molecular weight is 357 g/mol. The summed E-state index contributed by atoms with van der Waals surface area (Å²) in [6, 6.07) is 1.78. The summed E-state index contributed by atoms with van der Waals surface area (Å²) in [4.78, 5) is 11.2. The summed E-state index contributed by atoms with van der Waals surface area (Å²) in [6.07, 6.45) is 9.46. The van der Waals surface area contributed by atoms with Crippen molar-refractivity contribution in [2.75, 3.05) is 27.9 Å². The topological polar surface area (TPSA) is 77.8 Å². The largest absolute Gasteiger partial charge is 0.465 e.